The van der Waals surface area contributed by atoms with Gasteiger partial charge in [-0.3, -0.25) is 0 Å². The number of hydrogen-bond acceptors (Lipinski definition) is 3. The summed E-state index contributed by atoms with van der Waals surface area (Å²) in [4.78, 5) is 8.48. The van der Waals surface area contributed by atoms with E-state index in [1.54, 1.807) is 0 Å². The molecule has 0 bridgehead atoms. The fourth-order valence-electron chi connectivity index (χ4n) is 2.03. The van der Waals surface area contributed by atoms with Crippen molar-refractivity contribution in [1.82, 2.24) is 4.98 Å². The minimum absolute atomic E-state index is 0.237. The van der Waals surface area contributed by atoms with Crippen molar-refractivity contribution < 1.29 is 0 Å². The SMILES string of the molecule is CCCN(CCC)c1ccc(SC(C)(C)C)c(C)n1. The summed E-state index contributed by atoms with van der Waals surface area (Å²) in [5, 5.41) is 0. The van der Waals surface area contributed by atoms with E-state index >= 15 is 0 Å². The third-order valence-corrected chi connectivity index (χ3v) is 4.01. The Balaban J connectivity index is 2.90. The van der Waals surface area contributed by atoms with Gasteiger partial charge < -0.3 is 4.90 Å². The Morgan fingerprint density at radius 2 is 1.68 bits per heavy atom. The fraction of sp³-hybridized carbons (Fsp3) is 0.688. The second-order valence-corrected chi connectivity index (χ2v) is 7.82. The fourth-order valence-corrected chi connectivity index (χ4v) is 3.02. The van der Waals surface area contributed by atoms with E-state index in [9.17, 15) is 0 Å². The van der Waals surface area contributed by atoms with Crippen LogP contribution >= 0.6 is 11.8 Å². The molecule has 0 saturated heterocycles. The molecule has 0 atom stereocenters. The van der Waals surface area contributed by atoms with Gasteiger partial charge in [-0.25, -0.2) is 4.98 Å². The summed E-state index contributed by atoms with van der Waals surface area (Å²) in [6, 6.07) is 4.40. The predicted octanol–water partition coefficient (Wildman–Crippen LogP) is 4.91. The molecule has 2 nitrogen and oxygen atoms in total. The summed E-state index contributed by atoms with van der Waals surface area (Å²) in [7, 11) is 0. The van der Waals surface area contributed by atoms with Gasteiger partial charge in [-0.2, -0.15) is 0 Å². The first-order valence-electron chi connectivity index (χ1n) is 7.29. The molecule has 0 aliphatic rings. The third-order valence-electron chi connectivity index (χ3n) is 2.75. The zero-order chi connectivity index (χ0) is 14.5. The van der Waals surface area contributed by atoms with Gasteiger partial charge in [0, 0.05) is 22.7 Å². The van der Waals surface area contributed by atoms with Gasteiger partial charge in [-0.05, 0) is 31.9 Å². The molecule has 0 saturated carbocycles. The van der Waals surface area contributed by atoms with Crippen LogP contribution in [0.15, 0.2) is 17.0 Å². The largest absolute Gasteiger partial charge is 0.357 e. The van der Waals surface area contributed by atoms with Crippen molar-refractivity contribution in [3.05, 3.63) is 17.8 Å². The van der Waals surface area contributed by atoms with Crippen LogP contribution in [0.2, 0.25) is 0 Å². The van der Waals surface area contributed by atoms with Crippen molar-refractivity contribution in [2.45, 2.75) is 64.0 Å². The van der Waals surface area contributed by atoms with Crippen molar-refractivity contribution in [2.75, 3.05) is 18.0 Å². The first-order valence-corrected chi connectivity index (χ1v) is 8.10. The third kappa shape index (κ3) is 5.43. The van der Waals surface area contributed by atoms with E-state index < -0.39 is 0 Å². The van der Waals surface area contributed by atoms with Crippen molar-refractivity contribution in [3.63, 3.8) is 0 Å². The number of aromatic nitrogens is 1. The highest BCUT2D eigenvalue weighted by Crippen LogP contribution is 2.34. The van der Waals surface area contributed by atoms with Crippen LogP contribution in [0, 0.1) is 6.92 Å². The molecule has 19 heavy (non-hydrogen) atoms. The second kappa shape index (κ2) is 7.18. The maximum Gasteiger partial charge on any atom is 0.128 e. The zero-order valence-corrected chi connectivity index (χ0v) is 14.1. The summed E-state index contributed by atoms with van der Waals surface area (Å²) < 4.78 is 0.237. The standard InChI is InChI=1S/C16H28N2S/c1-7-11-18(12-8-2)15-10-9-14(13(3)17-15)19-16(4,5)6/h9-10H,7-8,11-12H2,1-6H3. The molecule has 1 heterocycles. The maximum absolute atomic E-state index is 4.80. The first kappa shape index (κ1) is 16.4. The molecule has 1 aromatic heterocycles. The zero-order valence-electron chi connectivity index (χ0n) is 13.3. The normalized spacial score (nSPS) is 11.7. The lowest BCUT2D eigenvalue weighted by Crippen LogP contribution is -2.26. The lowest BCUT2D eigenvalue weighted by Gasteiger charge is -2.24. The molecule has 0 radical (unpaired) electrons. The van der Waals surface area contributed by atoms with E-state index in [4.69, 9.17) is 4.98 Å². The van der Waals surface area contributed by atoms with Crippen LogP contribution < -0.4 is 4.90 Å². The number of aryl methyl sites for hydroxylation is 1. The minimum atomic E-state index is 0.237. The lowest BCUT2D eigenvalue weighted by atomic mass is 10.3. The lowest BCUT2D eigenvalue weighted by molar-refractivity contribution is 0.731. The number of hydrogen-bond donors (Lipinski definition) is 0. The van der Waals surface area contributed by atoms with E-state index in [-0.39, 0.29) is 4.75 Å². The molecule has 0 unspecified atom stereocenters. The van der Waals surface area contributed by atoms with Gasteiger partial charge in [0.05, 0.1) is 5.69 Å². The highest BCUT2D eigenvalue weighted by atomic mass is 32.2. The van der Waals surface area contributed by atoms with Gasteiger partial charge in [0.15, 0.2) is 0 Å². The summed E-state index contributed by atoms with van der Waals surface area (Å²) in [6.07, 6.45) is 2.33. The molecule has 1 aromatic rings. The first-order chi connectivity index (χ1) is 8.87. The van der Waals surface area contributed by atoms with Crippen LogP contribution in [-0.2, 0) is 0 Å². The summed E-state index contributed by atoms with van der Waals surface area (Å²) in [5.41, 5.74) is 1.15. The van der Waals surface area contributed by atoms with E-state index in [1.165, 1.54) is 17.7 Å². The molecule has 0 spiro atoms. The quantitative estimate of drug-likeness (QED) is 0.689. The van der Waals surface area contributed by atoms with E-state index in [0.29, 0.717) is 0 Å². The number of thioether (sulfide) groups is 1. The van der Waals surface area contributed by atoms with Crippen molar-refractivity contribution in [3.8, 4) is 0 Å². The molecule has 3 heteroatoms. The molecule has 0 fully saturated rings. The second-order valence-electron chi connectivity index (χ2n) is 5.95. The molecule has 0 aliphatic carbocycles. The van der Waals surface area contributed by atoms with E-state index in [0.717, 1.165) is 24.6 Å². The Labute approximate surface area is 123 Å². The van der Waals surface area contributed by atoms with Crippen molar-refractivity contribution >= 4 is 17.6 Å². The van der Waals surface area contributed by atoms with Crippen LogP contribution in [0.1, 0.15) is 53.2 Å². The Morgan fingerprint density at radius 3 is 2.11 bits per heavy atom. The number of nitrogens with zero attached hydrogens (tertiary/aromatic N) is 2. The molecule has 0 amide bonds. The van der Waals surface area contributed by atoms with Gasteiger partial charge >= 0.3 is 0 Å². The van der Waals surface area contributed by atoms with Crippen LogP contribution in [0.5, 0.6) is 0 Å². The van der Waals surface area contributed by atoms with Crippen LogP contribution in [0.4, 0.5) is 5.82 Å². The molecule has 0 aliphatic heterocycles. The topological polar surface area (TPSA) is 16.1 Å². The summed E-state index contributed by atoms with van der Waals surface area (Å²) in [5.74, 6) is 1.12. The number of anilines is 1. The molecular weight excluding hydrogens is 252 g/mol. The van der Waals surface area contributed by atoms with E-state index in [2.05, 4.69) is 58.6 Å². The monoisotopic (exact) mass is 280 g/mol. The Hall–Kier alpha value is -0.700. The Kier molecular flexibility index (Phi) is 6.18. The molecular formula is C16H28N2S. The highest BCUT2D eigenvalue weighted by Gasteiger charge is 2.15. The van der Waals surface area contributed by atoms with Crippen LogP contribution in [0.3, 0.4) is 0 Å². The van der Waals surface area contributed by atoms with Gasteiger partial charge in [-0.1, -0.05) is 34.6 Å². The minimum Gasteiger partial charge on any atom is -0.357 e. The maximum atomic E-state index is 4.80. The van der Waals surface area contributed by atoms with Gasteiger partial charge in [-0.15, -0.1) is 11.8 Å². The van der Waals surface area contributed by atoms with Crippen LogP contribution in [-0.4, -0.2) is 22.8 Å². The van der Waals surface area contributed by atoms with Gasteiger partial charge in [0.2, 0.25) is 0 Å². The summed E-state index contributed by atoms with van der Waals surface area (Å²) >= 11 is 1.89. The molecule has 0 aromatic carbocycles. The average molecular weight is 280 g/mol. The molecule has 1 rings (SSSR count). The van der Waals surface area contributed by atoms with Gasteiger partial charge in [0.25, 0.3) is 0 Å². The summed E-state index contributed by atoms with van der Waals surface area (Å²) in [6.45, 7) is 15.5. The molecule has 108 valence electrons. The smallest absolute Gasteiger partial charge is 0.128 e. The highest BCUT2D eigenvalue weighted by molar-refractivity contribution is 8.00. The Bertz CT molecular complexity index is 390. The predicted molar refractivity (Wildman–Crippen MR) is 87.4 cm³/mol. The van der Waals surface area contributed by atoms with Gasteiger partial charge in [0.1, 0.15) is 5.82 Å². The van der Waals surface area contributed by atoms with Crippen molar-refractivity contribution in [2.24, 2.45) is 0 Å². The van der Waals surface area contributed by atoms with Crippen LogP contribution in [0.25, 0.3) is 0 Å². The Morgan fingerprint density at radius 1 is 1.11 bits per heavy atom. The van der Waals surface area contributed by atoms with Crippen molar-refractivity contribution in [1.29, 1.82) is 0 Å². The average Bonchev–Trinajstić information content (AvgIpc) is 2.30. The number of rotatable bonds is 6. The van der Waals surface area contributed by atoms with E-state index in [1.807, 2.05) is 11.8 Å². The molecule has 0 N–H and O–H groups in total. The number of pyridine rings is 1.